The summed E-state index contributed by atoms with van der Waals surface area (Å²) in [5, 5.41) is 11.5. The second-order valence-corrected chi connectivity index (χ2v) is 20.4. The van der Waals surface area contributed by atoms with Crippen LogP contribution < -0.4 is 0 Å². The van der Waals surface area contributed by atoms with E-state index in [0.717, 1.165) is 63.4 Å². The van der Waals surface area contributed by atoms with E-state index in [1.807, 2.05) is 6.08 Å². The fourth-order valence-corrected chi connectivity index (χ4v) is 11.6. The Balaban J connectivity index is 1.14. The van der Waals surface area contributed by atoms with Crippen LogP contribution in [0.1, 0.15) is 220 Å². The van der Waals surface area contributed by atoms with E-state index in [1.54, 1.807) is 12.2 Å². The second kappa shape index (κ2) is 30.9. The zero-order chi connectivity index (χ0) is 47.6. The van der Waals surface area contributed by atoms with Crippen molar-refractivity contribution in [3.8, 4) is 0 Å². The molecular weight excluding hydrogens is 837 g/mol. The lowest BCUT2D eigenvalue weighted by molar-refractivity contribution is -0.167. The van der Waals surface area contributed by atoms with Gasteiger partial charge in [-0.2, -0.15) is 0 Å². The van der Waals surface area contributed by atoms with E-state index < -0.39 is 30.1 Å². The minimum atomic E-state index is -0.970. The molecule has 0 saturated heterocycles. The van der Waals surface area contributed by atoms with Crippen molar-refractivity contribution < 1.29 is 52.8 Å². The quantitative estimate of drug-likeness (QED) is 0.0366. The van der Waals surface area contributed by atoms with Crippen LogP contribution in [0.25, 0.3) is 0 Å². The molecule has 4 aliphatic carbocycles. The number of hydrogen-bond acceptors (Lipinski definition) is 11. The van der Waals surface area contributed by atoms with Crippen molar-refractivity contribution in [3.63, 3.8) is 0 Å². The zero-order valence-corrected chi connectivity index (χ0v) is 41.3. The van der Waals surface area contributed by atoms with Gasteiger partial charge >= 0.3 is 23.9 Å². The number of fused-ring (bicyclic) bond motifs is 5. The van der Waals surface area contributed by atoms with Crippen molar-refractivity contribution in [1.82, 2.24) is 0 Å². The summed E-state index contributed by atoms with van der Waals surface area (Å²) in [5.74, 6) is -2.14. The van der Waals surface area contributed by atoms with Crippen LogP contribution in [0.5, 0.6) is 0 Å². The maximum absolute atomic E-state index is 13.5. The number of ketones is 2. The van der Waals surface area contributed by atoms with Gasteiger partial charge in [-0.15, -0.1) is 0 Å². The molecule has 66 heavy (non-hydrogen) atoms. The fourth-order valence-electron chi connectivity index (χ4n) is 11.6. The normalized spacial score (nSPS) is 24.7. The highest BCUT2D eigenvalue weighted by molar-refractivity contribution is 6.01. The number of allylic oxidation sites excluding steroid dienone is 4. The van der Waals surface area contributed by atoms with Gasteiger partial charge in [-0.3, -0.25) is 28.8 Å². The number of aliphatic hydroxyl groups is 1. The van der Waals surface area contributed by atoms with Gasteiger partial charge in [0.15, 0.2) is 17.7 Å². The Morgan fingerprint density at radius 2 is 1.09 bits per heavy atom. The number of esters is 4. The fraction of sp³-hybridized carbons (Fsp3) is 0.818. The third-order valence-electron chi connectivity index (χ3n) is 15.3. The van der Waals surface area contributed by atoms with Gasteiger partial charge in [0.25, 0.3) is 0 Å². The van der Waals surface area contributed by atoms with E-state index in [1.165, 1.54) is 96.3 Å². The predicted molar refractivity (Wildman–Crippen MR) is 256 cm³/mol. The molecule has 1 N–H and O–H groups in total. The first kappa shape index (κ1) is 55.3. The molecule has 4 aliphatic rings. The summed E-state index contributed by atoms with van der Waals surface area (Å²) in [4.78, 5) is 76.5. The number of unbranched alkanes of at least 4 members (excludes halogenated alkanes) is 20. The Bertz CT molecular complexity index is 1570. The van der Waals surface area contributed by atoms with Crippen molar-refractivity contribution >= 4 is 35.4 Å². The van der Waals surface area contributed by atoms with Crippen LogP contribution in [0.2, 0.25) is 0 Å². The van der Waals surface area contributed by atoms with E-state index in [4.69, 9.17) is 18.9 Å². The molecule has 0 radical (unpaired) electrons. The molecule has 0 aromatic carbocycles. The van der Waals surface area contributed by atoms with Gasteiger partial charge in [0.1, 0.15) is 19.8 Å². The molecule has 0 aliphatic heterocycles. The van der Waals surface area contributed by atoms with E-state index in [-0.39, 0.29) is 98.0 Å². The number of Topliss-reactive ketones (excluding diaryl/α,β-unsaturated/α-hetero) is 1. The minimum Gasteiger partial charge on any atom is -0.462 e. The summed E-state index contributed by atoms with van der Waals surface area (Å²) < 4.78 is 21.9. The third-order valence-corrected chi connectivity index (χ3v) is 15.3. The van der Waals surface area contributed by atoms with Crippen LogP contribution in [-0.2, 0) is 47.7 Å². The zero-order valence-electron chi connectivity index (χ0n) is 41.3. The molecule has 0 bridgehead atoms. The molecular formula is C55H88O11. The molecule has 4 rings (SSSR count). The maximum atomic E-state index is 13.5. The lowest BCUT2D eigenvalue weighted by atomic mass is 9.50. The van der Waals surface area contributed by atoms with E-state index in [2.05, 4.69) is 20.8 Å². The molecule has 6 unspecified atom stereocenters. The van der Waals surface area contributed by atoms with Crippen LogP contribution in [0.3, 0.4) is 0 Å². The van der Waals surface area contributed by atoms with Gasteiger partial charge in [0, 0.05) is 30.1 Å². The highest BCUT2D eigenvalue weighted by atomic mass is 16.6. The summed E-state index contributed by atoms with van der Waals surface area (Å²) in [6.07, 6.45) is 33.1. The molecule has 0 amide bonds. The number of carbonyl (C=O) groups excluding carboxylic acids is 6. The highest BCUT2D eigenvalue weighted by Crippen LogP contribution is 2.61. The number of rotatable bonds is 35. The van der Waals surface area contributed by atoms with Gasteiger partial charge in [-0.05, 0) is 74.9 Å². The number of carbonyl (C=O) groups is 6. The maximum Gasteiger partial charge on any atom is 0.306 e. The lowest BCUT2D eigenvalue weighted by Crippen LogP contribution is -2.53. The van der Waals surface area contributed by atoms with Crippen LogP contribution in [0.4, 0.5) is 0 Å². The Hall–Kier alpha value is -3.34. The molecule has 374 valence electrons. The van der Waals surface area contributed by atoms with Crippen molar-refractivity contribution in [2.24, 2.45) is 35.0 Å². The van der Waals surface area contributed by atoms with Crippen LogP contribution in [0, 0.1) is 35.0 Å². The molecule has 8 atom stereocenters. The van der Waals surface area contributed by atoms with Crippen molar-refractivity contribution in [2.45, 2.75) is 232 Å². The van der Waals surface area contributed by atoms with E-state index in [9.17, 15) is 33.9 Å². The summed E-state index contributed by atoms with van der Waals surface area (Å²) in [5.41, 5.74) is 0.727. The molecule has 0 aromatic rings. The topological polar surface area (TPSA) is 160 Å². The molecule has 0 spiro atoms. The Labute approximate surface area is 397 Å². The summed E-state index contributed by atoms with van der Waals surface area (Å²) in [7, 11) is 0. The minimum absolute atomic E-state index is 0.00202. The third kappa shape index (κ3) is 19.0. The van der Waals surface area contributed by atoms with Gasteiger partial charge in [0.05, 0.1) is 18.9 Å². The monoisotopic (exact) mass is 925 g/mol. The summed E-state index contributed by atoms with van der Waals surface area (Å²) >= 11 is 0. The first-order valence-corrected chi connectivity index (χ1v) is 26.8. The van der Waals surface area contributed by atoms with Gasteiger partial charge in [0.2, 0.25) is 0 Å². The average molecular weight is 925 g/mol. The van der Waals surface area contributed by atoms with Gasteiger partial charge in [-0.25, -0.2) is 0 Å². The van der Waals surface area contributed by atoms with Crippen LogP contribution >= 0.6 is 0 Å². The first-order valence-electron chi connectivity index (χ1n) is 26.8. The largest absolute Gasteiger partial charge is 0.462 e. The van der Waals surface area contributed by atoms with Crippen molar-refractivity contribution in [1.29, 1.82) is 0 Å². The average Bonchev–Trinajstić information content (AvgIpc) is 3.73. The molecule has 3 saturated carbocycles. The second-order valence-electron chi connectivity index (χ2n) is 20.4. The van der Waals surface area contributed by atoms with Crippen molar-refractivity contribution in [3.05, 3.63) is 23.8 Å². The summed E-state index contributed by atoms with van der Waals surface area (Å²) in [6.45, 7) is 5.66. The van der Waals surface area contributed by atoms with E-state index in [0.29, 0.717) is 19.3 Å². The molecule has 0 heterocycles. The standard InChI is InChI=1S/C55H88O11/c1-4-6-8-10-12-14-16-18-20-22-24-26-50(59)63-38-43(66-53(62)27-25-23-21-19-17-15-13-11-9-7-5-2)39-64-51(60)32-33-52(61)65-40-49(58)45-31-30-44-46-29-28-41-36-42(56)34-35-55(41,3)54(46)48(57)37-47(44)45/h34-36,43-48,54,57H,4-33,37-40H2,1-3H3/t43?,44?,45-,46-,47?,48?,54?,55?/m0/s1. The highest BCUT2D eigenvalue weighted by Gasteiger charge is 2.58. The lowest BCUT2D eigenvalue weighted by Gasteiger charge is -2.55. The predicted octanol–water partition coefficient (Wildman–Crippen LogP) is 11.8. The molecule has 11 heteroatoms. The van der Waals surface area contributed by atoms with Crippen LogP contribution in [0.15, 0.2) is 23.8 Å². The molecule has 0 aromatic heterocycles. The Morgan fingerprint density at radius 1 is 0.606 bits per heavy atom. The smallest absolute Gasteiger partial charge is 0.306 e. The number of hydrogen-bond donors (Lipinski definition) is 1. The van der Waals surface area contributed by atoms with Crippen molar-refractivity contribution in [2.75, 3.05) is 19.8 Å². The van der Waals surface area contributed by atoms with Crippen LogP contribution in [-0.4, -0.2) is 72.6 Å². The first-order chi connectivity index (χ1) is 32.0. The Kier molecular flexibility index (Phi) is 25.9. The molecule has 3 fully saturated rings. The Morgan fingerprint density at radius 3 is 1.64 bits per heavy atom. The van der Waals surface area contributed by atoms with Gasteiger partial charge < -0.3 is 24.1 Å². The number of aliphatic hydroxyl groups excluding tert-OH is 1. The number of ether oxygens (including phenoxy) is 4. The summed E-state index contributed by atoms with van der Waals surface area (Å²) in [6, 6.07) is 0. The molecule has 11 nitrogen and oxygen atoms in total. The SMILES string of the molecule is CCCCCCCCCCCCCC(=O)OCC(COC(=O)CCC(=O)OCC(=O)[C@H]1CCC2C1CC(O)C1[C@H]2CCC2=CC(=O)C=CC21C)OC(=O)CCCCCCCCCCCCC. The van der Waals surface area contributed by atoms with E-state index >= 15 is 0 Å². The van der Waals surface area contributed by atoms with Gasteiger partial charge in [-0.1, -0.05) is 161 Å².